The van der Waals surface area contributed by atoms with Crippen LogP contribution in [-0.4, -0.2) is 41.0 Å². The smallest absolute Gasteiger partial charge is 0.355 e. The van der Waals surface area contributed by atoms with E-state index in [4.69, 9.17) is 4.74 Å². The zero-order chi connectivity index (χ0) is 19.2. The molecule has 0 atom stereocenters. The highest BCUT2D eigenvalue weighted by Crippen LogP contribution is 2.32. The molecular weight excluding hydrogens is 352 g/mol. The van der Waals surface area contributed by atoms with Crippen molar-refractivity contribution >= 4 is 23.2 Å². The Morgan fingerprint density at radius 2 is 1.96 bits per heavy atom. The summed E-state index contributed by atoms with van der Waals surface area (Å²) in [7, 11) is 1.46. The van der Waals surface area contributed by atoms with Gasteiger partial charge in [-0.1, -0.05) is 12.1 Å². The second-order valence-electron chi connectivity index (χ2n) is 5.98. The molecule has 3 rings (SSSR count). The number of carbonyl (C=O) groups is 1. The SMILES string of the molecule is COc1ccccc1C(=O)NNc1ncnc(N2CCCCC2)c1[N+](=O)[O-]. The van der Waals surface area contributed by atoms with Gasteiger partial charge in [0.1, 0.15) is 12.1 Å². The molecule has 0 aliphatic carbocycles. The molecule has 1 aliphatic heterocycles. The lowest BCUT2D eigenvalue weighted by Crippen LogP contribution is -2.33. The second-order valence-corrected chi connectivity index (χ2v) is 5.98. The van der Waals surface area contributed by atoms with Crippen LogP contribution in [0.5, 0.6) is 5.75 Å². The number of aromatic nitrogens is 2. The van der Waals surface area contributed by atoms with Crippen molar-refractivity contribution in [3.8, 4) is 5.75 Å². The summed E-state index contributed by atoms with van der Waals surface area (Å²) >= 11 is 0. The molecule has 1 aliphatic rings. The number of para-hydroxylation sites is 1. The van der Waals surface area contributed by atoms with Crippen LogP contribution in [0, 0.1) is 10.1 Å². The standard InChI is InChI=1S/C17H20N6O4/c1-27-13-8-4-3-7-12(13)17(24)21-20-15-14(23(25)26)16(19-11-18-15)22-9-5-2-6-10-22/h3-4,7-8,11H,2,5-6,9-10H2,1H3,(H,21,24)(H,18,19,20). The first-order valence-electron chi connectivity index (χ1n) is 8.55. The number of piperidine rings is 1. The van der Waals surface area contributed by atoms with Crippen molar-refractivity contribution in [1.29, 1.82) is 0 Å². The summed E-state index contributed by atoms with van der Waals surface area (Å²) in [6.07, 6.45) is 4.24. The number of amides is 1. The van der Waals surface area contributed by atoms with Gasteiger partial charge in [0.05, 0.1) is 17.6 Å². The maximum absolute atomic E-state index is 12.4. The number of benzene rings is 1. The third-order valence-corrected chi connectivity index (χ3v) is 4.29. The fourth-order valence-corrected chi connectivity index (χ4v) is 2.98. The summed E-state index contributed by atoms with van der Waals surface area (Å²) in [6, 6.07) is 6.67. The lowest BCUT2D eigenvalue weighted by atomic mass is 10.1. The highest BCUT2D eigenvalue weighted by molar-refractivity contribution is 5.97. The summed E-state index contributed by atoms with van der Waals surface area (Å²) in [4.78, 5) is 33.4. The van der Waals surface area contributed by atoms with Gasteiger partial charge in [0.15, 0.2) is 0 Å². The van der Waals surface area contributed by atoms with E-state index < -0.39 is 10.8 Å². The van der Waals surface area contributed by atoms with Crippen LogP contribution in [0.2, 0.25) is 0 Å². The minimum atomic E-state index is -0.540. The molecular formula is C17H20N6O4. The van der Waals surface area contributed by atoms with Crippen molar-refractivity contribution in [1.82, 2.24) is 15.4 Å². The number of rotatable bonds is 6. The maximum Gasteiger partial charge on any atom is 0.355 e. The number of nitro groups is 1. The van der Waals surface area contributed by atoms with Gasteiger partial charge in [-0.2, -0.15) is 0 Å². The fourth-order valence-electron chi connectivity index (χ4n) is 2.98. The molecule has 2 heterocycles. The molecule has 0 bridgehead atoms. The van der Waals surface area contributed by atoms with Crippen LogP contribution in [0.25, 0.3) is 0 Å². The molecule has 1 amide bonds. The molecule has 142 valence electrons. The second kappa shape index (κ2) is 8.30. The van der Waals surface area contributed by atoms with Crippen LogP contribution in [-0.2, 0) is 0 Å². The Labute approximate surface area is 155 Å². The van der Waals surface area contributed by atoms with Gasteiger partial charge in [-0.25, -0.2) is 9.97 Å². The van der Waals surface area contributed by atoms with Gasteiger partial charge in [-0.15, -0.1) is 0 Å². The predicted molar refractivity (Wildman–Crippen MR) is 98.8 cm³/mol. The molecule has 0 unspecified atom stereocenters. The maximum atomic E-state index is 12.4. The minimum absolute atomic E-state index is 0.0705. The normalized spacial score (nSPS) is 13.7. The molecule has 0 spiro atoms. The molecule has 27 heavy (non-hydrogen) atoms. The van der Waals surface area contributed by atoms with Gasteiger partial charge in [0, 0.05) is 13.1 Å². The summed E-state index contributed by atoms with van der Waals surface area (Å²) in [5.74, 6) is 0.0745. The van der Waals surface area contributed by atoms with E-state index in [9.17, 15) is 14.9 Å². The minimum Gasteiger partial charge on any atom is -0.496 e. The van der Waals surface area contributed by atoms with Crippen LogP contribution in [0.1, 0.15) is 29.6 Å². The van der Waals surface area contributed by atoms with Crippen molar-refractivity contribution in [2.24, 2.45) is 0 Å². The number of hydrogen-bond acceptors (Lipinski definition) is 8. The van der Waals surface area contributed by atoms with E-state index in [0.29, 0.717) is 24.4 Å². The molecule has 10 heteroatoms. The highest BCUT2D eigenvalue weighted by atomic mass is 16.6. The van der Waals surface area contributed by atoms with Crippen molar-refractivity contribution in [3.63, 3.8) is 0 Å². The first-order chi connectivity index (χ1) is 13.1. The summed E-state index contributed by atoms with van der Waals surface area (Å²) in [6.45, 7) is 1.40. The average Bonchev–Trinajstić information content (AvgIpc) is 2.72. The molecule has 1 fully saturated rings. The molecule has 10 nitrogen and oxygen atoms in total. The third kappa shape index (κ3) is 4.05. The van der Waals surface area contributed by atoms with Crippen molar-refractivity contribution in [2.75, 3.05) is 30.5 Å². The monoisotopic (exact) mass is 372 g/mol. The van der Waals surface area contributed by atoms with Crippen LogP contribution in [0.3, 0.4) is 0 Å². The van der Waals surface area contributed by atoms with Gasteiger partial charge >= 0.3 is 5.69 Å². The summed E-state index contributed by atoms with van der Waals surface area (Å²) in [5.41, 5.74) is 5.01. The number of carbonyl (C=O) groups excluding carboxylic acids is 1. The van der Waals surface area contributed by atoms with Gasteiger partial charge in [0.25, 0.3) is 5.91 Å². The Hall–Kier alpha value is -3.43. The molecule has 2 aromatic rings. The Bertz CT molecular complexity index is 838. The van der Waals surface area contributed by atoms with E-state index in [-0.39, 0.29) is 17.3 Å². The Kier molecular flexibility index (Phi) is 5.64. The van der Waals surface area contributed by atoms with E-state index >= 15 is 0 Å². The molecule has 0 radical (unpaired) electrons. The van der Waals surface area contributed by atoms with Gasteiger partial charge < -0.3 is 9.64 Å². The Morgan fingerprint density at radius 1 is 1.22 bits per heavy atom. The molecule has 1 saturated heterocycles. The predicted octanol–water partition coefficient (Wildman–Crippen LogP) is 2.14. The Morgan fingerprint density at radius 3 is 2.67 bits per heavy atom. The average molecular weight is 372 g/mol. The highest BCUT2D eigenvalue weighted by Gasteiger charge is 2.28. The Balaban J connectivity index is 1.82. The summed E-state index contributed by atoms with van der Waals surface area (Å²) in [5, 5.41) is 11.6. The summed E-state index contributed by atoms with van der Waals surface area (Å²) < 4.78 is 5.15. The van der Waals surface area contributed by atoms with Crippen molar-refractivity contribution < 1.29 is 14.5 Å². The molecule has 0 saturated carbocycles. The number of hydrazine groups is 1. The van der Waals surface area contributed by atoms with Crippen LogP contribution >= 0.6 is 0 Å². The lowest BCUT2D eigenvalue weighted by molar-refractivity contribution is -0.383. The van der Waals surface area contributed by atoms with Crippen molar-refractivity contribution in [3.05, 3.63) is 46.3 Å². The van der Waals surface area contributed by atoms with E-state index in [2.05, 4.69) is 20.8 Å². The topological polar surface area (TPSA) is 123 Å². The van der Waals surface area contributed by atoms with Crippen molar-refractivity contribution in [2.45, 2.75) is 19.3 Å². The van der Waals surface area contributed by atoms with Crippen LogP contribution in [0.4, 0.5) is 17.3 Å². The number of methoxy groups -OCH3 is 1. The van der Waals surface area contributed by atoms with Gasteiger partial charge in [0.2, 0.25) is 11.6 Å². The molecule has 1 aromatic heterocycles. The number of nitrogens with one attached hydrogen (secondary N) is 2. The third-order valence-electron chi connectivity index (χ3n) is 4.29. The van der Waals surface area contributed by atoms with E-state index in [1.807, 2.05) is 4.90 Å². The van der Waals surface area contributed by atoms with E-state index in [1.165, 1.54) is 13.4 Å². The zero-order valence-corrected chi connectivity index (χ0v) is 14.8. The first-order valence-corrected chi connectivity index (χ1v) is 8.55. The van der Waals surface area contributed by atoms with Gasteiger partial charge in [-0.3, -0.25) is 25.8 Å². The number of ether oxygens (including phenoxy) is 1. The quantitative estimate of drug-likeness (QED) is 0.584. The molecule has 2 N–H and O–H groups in total. The van der Waals surface area contributed by atoms with Gasteiger partial charge in [-0.05, 0) is 31.4 Å². The first kappa shape index (κ1) is 18.4. The fraction of sp³-hybridized carbons (Fsp3) is 0.353. The zero-order valence-electron chi connectivity index (χ0n) is 14.8. The number of nitrogens with zero attached hydrogens (tertiary/aromatic N) is 4. The molecule has 1 aromatic carbocycles. The van der Waals surface area contributed by atoms with E-state index in [0.717, 1.165) is 19.3 Å². The van der Waals surface area contributed by atoms with Crippen LogP contribution < -0.4 is 20.5 Å². The largest absolute Gasteiger partial charge is 0.496 e. The number of hydrogen-bond donors (Lipinski definition) is 2. The van der Waals surface area contributed by atoms with E-state index in [1.54, 1.807) is 24.3 Å². The van der Waals surface area contributed by atoms with Crippen LogP contribution in [0.15, 0.2) is 30.6 Å². The lowest BCUT2D eigenvalue weighted by Gasteiger charge is -2.27. The number of anilines is 2.